The lowest BCUT2D eigenvalue weighted by Gasteiger charge is -2.28. The number of carbonyl (C=O) groups is 1. The van der Waals surface area contributed by atoms with Crippen LogP contribution >= 0.6 is 0 Å². The predicted molar refractivity (Wildman–Crippen MR) is 117 cm³/mol. The van der Waals surface area contributed by atoms with E-state index in [0.717, 1.165) is 28.9 Å². The minimum Gasteiger partial charge on any atom is -0.462 e. The minimum atomic E-state index is -0.628. The molecule has 0 radical (unpaired) electrons. The van der Waals surface area contributed by atoms with Crippen LogP contribution in [0.1, 0.15) is 17.3 Å². The van der Waals surface area contributed by atoms with Crippen LogP contribution in [0.4, 0.5) is 5.69 Å². The first-order chi connectivity index (χ1) is 14.9. The Bertz CT molecular complexity index is 1250. The van der Waals surface area contributed by atoms with Gasteiger partial charge in [-0.15, -0.1) is 0 Å². The maximum Gasteiger partial charge on any atom is 0.339 e. The first-order valence-corrected chi connectivity index (χ1v) is 10.1. The van der Waals surface area contributed by atoms with Gasteiger partial charge in [-0.1, -0.05) is 12.1 Å². The summed E-state index contributed by atoms with van der Waals surface area (Å²) in [5, 5.41) is 0.0664. The van der Waals surface area contributed by atoms with E-state index in [1.165, 1.54) is 18.7 Å². The normalized spacial score (nSPS) is 14.1. The Labute approximate surface area is 178 Å². The molecule has 1 fully saturated rings. The molecule has 0 bridgehead atoms. The van der Waals surface area contributed by atoms with Crippen molar-refractivity contribution in [3.63, 3.8) is 0 Å². The SMILES string of the molecule is CCOC(=O)c1cc(-c2ccc(N3CCOCC3)cc2)nc2c1c(=O)n(C)c(=O)n2C. The fraction of sp³-hybridized carbons (Fsp3) is 0.364. The van der Waals surface area contributed by atoms with E-state index in [0.29, 0.717) is 18.9 Å². The largest absolute Gasteiger partial charge is 0.462 e. The topological polar surface area (TPSA) is 95.7 Å². The lowest BCUT2D eigenvalue weighted by Crippen LogP contribution is -2.38. The van der Waals surface area contributed by atoms with Crippen molar-refractivity contribution < 1.29 is 14.3 Å². The molecule has 1 aliphatic heterocycles. The molecule has 9 heteroatoms. The second-order valence-electron chi connectivity index (χ2n) is 7.33. The third kappa shape index (κ3) is 3.72. The van der Waals surface area contributed by atoms with Gasteiger partial charge in [-0.25, -0.2) is 14.6 Å². The third-order valence-corrected chi connectivity index (χ3v) is 5.45. The van der Waals surface area contributed by atoms with Gasteiger partial charge in [0.05, 0.1) is 36.5 Å². The van der Waals surface area contributed by atoms with Crippen LogP contribution in [0.2, 0.25) is 0 Å². The van der Waals surface area contributed by atoms with Crippen molar-refractivity contribution in [2.24, 2.45) is 14.1 Å². The number of ether oxygens (including phenoxy) is 2. The first kappa shape index (κ1) is 20.8. The molecular formula is C22H24N4O5. The first-order valence-electron chi connectivity index (χ1n) is 10.1. The Morgan fingerprint density at radius 2 is 1.77 bits per heavy atom. The van der Waals surface area contributed by atoms with Crippen LogP contribution in [0.25, 0.3) is 22.3 Å². The van der Waals surface area contributed by atoms with Gasteiger partial charge in [-0.3, -0.25) is 13.9 Å². The number of aromatic nitrogens is 3. The molecule has 0 atom stereocenters. The quantitative estimate of drug-likeness (QED) is 0.583. The van der Waals surface area contributed by atoms with E-state index >= 15 is 0 Å². The average Bonchev–Trinajstić information content (AvgIpc) is 2.81. The van der Waals surface area contributed by atoms with Gasteiger partial charge in [0.1, 0.15) is 0 Å². The molecule has 0 aliphatic carbocycles. The number of hydrogen-bond donors (Lipinski definition) is 0. The van der Waals surface area contributed by atoms with Gasteiger partial charge in [-0.05, 0) is 25.1 Å². The molecule has 0 spiro atoms. The number of anilines is 1. The molecule has 3 heterocycles. The summed E-state index contributed by atoms with van der Waals surface area (Å²) in [4.78, 5) is 44.7. The minimum absolute atomic E-state index is 0.0664. The Morgan fingerprint density at radius 3 is 2.42 bits per heavy atom. The van der Waals surface area contributed by atoms with E-state index in [2.05, 4.69) is 9.88 Å². The zero-order valence-corrected chi connectivity index (χ0v) is 17.8. The molecule has 0 N–H and O–H groups in total. The molecule has 0 amide bonds. The van der Waals surface area contributed by atoms with Crippen LogP contribution in [0.5, 0.6) is 0 Å². The smallest absolute Gasteiger partial charge is 0.339 e. The number of esters is 1. The molecule has 31 heavy (non-hydrogen) atoms. The van der Waals surface area contributed by atoms with Gasteiger partial charge in [0.2, 0.25) is 0 Å². The van der Waals surface area contributed by atoms with Gasteiger partial charge in [0.15, 0.2) is 5.65 Å². The molecule has 4 rings (SSSR count). The highest BCUT2D eigenvalue weighted by Gasteiger charge is 2.21. The predicted octanol–water partition coefficient (Wildman–Crippen LogP) is 1.31. The zero-order valence-electron chi connectivity index (χ0n) is 17.8. The van der Waals surface area contributed by atoms with Crippen molar-refractivity contribution >= 4 is 22.7 Å². The second-order valence-corrected chi connectivity index (χ2v) is 7.33. The van der Waals surface area contributed by atoms with Gasteiger partial charge >= 0.3 is 11.7 Å². The Morgan fingerprint density at radius 1 is 1.10 bits per heavy atom. The van der Waals surface area contributed by atoms with E-state index in [9.17, 15) is 14.4 Å². The van der Waals surface area contributed by atoms with Crippen molar-refractivity contribution in [2.45, 2.75) is 6.92 Å². The maximum absolute atomic E-state index is 12.8. The third-order valence-electron chi connectivity index (χ3n) is 5.45. The molecule has 162 valence electrons. The molecule has 0 saturated carbocycles. The van der Waals surface area contributed by atoms with Crippen LogP contribution < -0.4 is 16.1 Å². The molecule has 1 aromatic carbocycles. The summed E-state index contributed by atoms with van der Waals surface area (Å²) in [6, 6.07) is 9.34. The number of morpholine rings is 1. The average molecular weight is 424 g/mol. The number of hydrogen-bond acceptors (Lipinski definition) is 7. The lowest BCUT2D eigenvalue weighted by molar-refractivity contribution is 0.0528. The van der Waals surface area contributed by atoms with E-state index in [1.54, 1.807) is 13.0 Å². The van der Waals surface area contributed by atoms with Crippen molar-refractivity contribution in [1.82, 2.24) is 14.1 Å². The summed E-state index contributed by atoms with van der Waals surface area (Å²) in [5.41, 5.74) is 1.45. The summed E-state index contributed by atoms with van der Waals surface area (Å²) in [5.74, 6) is -0.628. The summed E-state index contributed by atoms with van der Waals surface area (Å²) in [7, 11) is 2.90. The molecule has 9 nitrogen and oxygen atoms in total. The second kappa shape index (κ2) is 8.35. The molecule has 3 aromatic rings. The highest BCUT2D eigenvalue weighted by Crippen LogP contribution is 2.26. The molecule has 0 unspecified atom stereocenters. The number of benzene rings is 1. The standard InChI is InChI=1S/C22H24N4O5/c1-4-31-21(28)16-13-17(23-19-18(16)20(27)25(3)22(29)24(19)2)14-5-7-15(8-6-14)26-9-11-30-12-10-26/h5-8,13H,4,9-12H2,1-3H3. The maximum atomic E-state index is 12.8. The Kier molecular flexibility index (Phi) is 5.60. The van der Waals surface area contributed by atoms with Crippen molar-refractivity contribution in [1.29, 1.82) is 0 Å². The number of pyridine rings is 1. The van der Waals surface area contributed by atoms with Crippen LogP contribution in [-0.2, 0) is 23.6 Å². The van der Waals surface area contributed by atoms with Crippen LogP contribution in [0.15, 0.2) is 39.9 Å². The van der Waals surface area contributed by atoms with Crippen molar-refractivity contribution in [3.05, 3.63) is 56.7 Å². The van der Waals surface area contributed by atoms with E-state index in [4.69, 9.17) is 9.47 Å². The van der Waals surface area contributed by atoms with Crippen molar-refractivity contribution in [3.8, 4) is 11.3 Å². The Hall–Kier alpha value is -3.46. The fourth-order valence-corrected chi connectivity index (χ4v) is 3.74. The number of rotatable bonds is 4. The van der Waals surface area contributed by atoms with E-state index in [1.807, 2.05) is 24.3 Å². The summed E-state index contributed by atoms with van der Waals surface area (Å²) < 4.78 is 12.8. The molecule has 1 saturated heterocycles. The lowest BCUT2D eigenvalue weighted by atomic mass is 10.1. The van der Waals surface area contributed by atoms with Gasteiger partial charge < -0.3 is 14.4 Å². The van der Waals surface area contributed by atoms with E-state index < -0.39 is 17.2 Å². The number of aryl methyl sites for hydroxylation is 1. The van der Waals surface area contributed by atoms with E-state index in [-0.39, 0.29) is 23.2 Å². The Balaban J connectivity index is 1.88. The van der Waals surface area contributed by atoms with Crippen LogP contribution in [0.3, 0.4) is 0 Å². The molecule has 2 aromatic heterocycles. The zero-order chi connectivity index (χ0) is 22.1. The van der Waals surface area contributed by atoms with Gasteiger partial charge in [-0.2, -0.15) is 0 Å². The van der Waals surface area contributed by atoms with Crippen LogP contribution in [-0.4, -0.2) is 53.0 Å². The van der Waals surface area contributed by atoms with Gasteiger partial charge in [0.25, 0.3) is 5.56 Å². The molecule has 1 aliphatic rings. The fourth-order valence-electron chi connectivity index (χ4n) is 3.74. The molecular weight excluding hydrogens is 400 g/mol. The summed E-state index contributed by atoms with van der Waals surface area (Å²) in [6.45, 7) is 4.90. The van der Waals surface area contributed by atoms with Crippen molar-refractivity contribution in [2.75, 3.05) is 37.8 Å². The monoisotopic (exact) mass is 424 g/mol. The number of carbonyl (C=O) groups excluding carboxylic acids is 1. The number of fused-ring (bicyclic) bond motifs is 1. The summed E-state index contributed by atoms with van der Waals surface area (Å²) >= 11 is 0. The highest BCUT2D eigenvalue weighted by molar-refractivity contribution is 6.03. The number of nitrogens with zero attached hydrogens (tertiary/aromatic N) is 4. The highest BCUT2D eigenvalue weighted by atomic mass is 16.5. The summed E-state index contributed by atoms with van der Waals surface area (Å²) in [6.07, 6.45) is 0. The van der Waals surface area contributed by atoms with Gasteiger partial charge in [0, 0.05) is 38.4 Å². The van der Waals surface area contributed by atoms with Crippen LogP contribution in [0, 0.1) is 0 Å².